The molecule has 1 aromatic carbocycles. The van der Waals surface area contributed by atoms with Crippen molar-refractivity contribution in [1.29, 1.82) is 0 Å². The van der Waals surface area contributed by atoms with Crippen LogP contribution >= 0.6 is 0 Å². The molecule has 2 aliphatic rings. The van der Waals surface area contributed by atoms with Crippen LogP contribution in [0.5, 0.6) is 0 Å². The third kappa shape index (κ3) is 7.44. The predicted molar refractivity (Wildman–Crippen MR) is 205 cm³/mol. The SMILES string of the molecule is Cc1cn2cc(-c3ccc([C@H]4C[C@@]45CCN([C@H](Cc4cnn(C(F)F)c4)C(=O)NC(C)(C)Cn4nc(C(F)(F)F)cc4-c4cc(F)c(=O)n(C)c4)C5=O)c(C)c3)cnc2n1. The van der Waals surface area contributed by atoms with E-state index in [2.05, 4.69) is 25.5 Å². The molecule has 8 rings (SSSR count). The smallest absolute Gasteiger partial charge is 0.348 e. The highest BCUT2D eigenvalue weighted by atomic mass is 19.4. The van der Waals surface area contributed by atoms with E-state index in [0.717, 1.165) is 55.5 Å². The fourth-order valence-electron chi connectivity index (χ4n) is 8.44. The van der Waals surface area contributed by atoms with Gasteiger partial charge in [-0.1, -0.05) is 18.2 Å². The van der Waals surface area contributed by atoms with Gasteiger partial charge in [0.15, 0.2) is 11.5 Å². The summed E-state index contributed by atoms with van der Waals surface area (Å²) in [6.45, 7) is 3.85. The second kappa shape index (κ2) is 14.5. The molecule has 1 saturated heterocycles. The number of imidazole rings is 1. The number of aryl methyl sites for hydroxylation is 3. The normalized spacial score (nSPS) is 18.6. The van der Waals surface area contributed by atoms with Gasteiger partial charge < -0.3 is 14.8 Å². The number of carbonyl (C=O) groups excluding carboxylic acids is 2. The Hall–Kier alpha value is -6.27. The molecule has 1 aliphatic heterocycles. The number of pyridine rings is 1. The summed E-state index contributed by atoms with van der Waals surface area (Å²) >= 11 is 0. The van der Waals surface area contributed by atoms with Crippen molar-refractivity contribution in [3.8, 4) is 22.4 Å². The van der Waals surface area contributed by atoms with Crippen molar-refractivity contribution in [2.24, 2.45) is 12.5 Å². The van der Waals surface area contributed by atoms with Crippen LogP contribution < -0.4 is 10.9 Å². The standard InChI is InChI=1S/C41H40F6N10O3/c1-22-10-25(27-16-48-38-50-23(2)17-54(38)20-27)6-7-28(22)29-14-40(29)8-9-55(36(40)60)32(11-24-15-49-56(18-24)37(43)44)34(58)51-39(3,4)21-57-31(13-33(52-57)41(45,46)47)26-12-30(42)35(59)53(5)19-26/h6-7,10,12-13,15-20,29,32,37H,8-9,11,14,21H2,1-5H3,(H,51,58)/t29-,32-,40+/m1/s1. The van der Waals surface area contributed by atoms with Gasteiger partial charge in [0.1, 0.15) is 6.04 Å². The van der Waals surface area contributed by atoms with E-state index in [-0.39, 0.29) is 48.2 Å². The number of aromatic nitrogens is 8. The van der Waals surface area contributed by atoms with Gasteiger partial charge >= 0.3 is 12.7 Å². The molecular weight excluding hydrogens is 795 g/mol. The molecule has 6 aromatic rings. The maximum Gasteiger partial charge on any atom is 0.435 e. The number of rotatable bonds is 11. The molecule has 1 aliphatic carbocycles. The fourth-order valence-corrected chi connectivity index (χ4v) is 8.44. The monoisotopic (exact) mass is 834 g/mol. The molecule has 60 heavy (non-hydrogen) atoms. The van der Waals surface area contributed by atoms with E-state index in [9.17, 15) is 40.7 Å². The number of amides is 2. The summed E-state index contributed by atoms with van der Waals surface area (Å²) in [4.78, 5) is 51.2. The quantitative estimate of drug-likeness (QED) is 0.153. The van der Waals surface area contributed by atoms with Crippen LogP contribution in [0.15, 0.2) is 72.3 Å². The first-order chi connectivity index (χ1) is 28.2. The molecule has 2 amide bonds. The van der Waals surface area contributed by atoms with E-state index in [1.807, 2.05) is 48.8 Å². The Balaban J connectivity index is 1.05. The lowest BCUT2D eigenvalue weighted by atomic mass is 9.93. The van der Waals surface area contributed by atoms with Gasteiger partial charge in [-0.05, 0) is 80.8 Å². The van der Waals surface area contributed by atoms with Crippen molar-refractivity contribution < 1.29 is 35.9 Å². The molecule has 0 unspecified atom stereocenters. The Labute approximate surface area is 338 Å². The number of likely N-dealkylation sites (tertiary alicyclic amines) is 1. The highest BCUT2D eigenvalue weighted by Gasteiger charge is 2.65. The van der Waals surface area contributed by atoms with E-state index < -0.39 is 52.7 Å². The van der Waals surface area contributed by atoms with Crippen molar-refractivity contribution >= 4 is 17.6 Å². The number of hydrogen-bond acceptors (Lipinski definition) is 7. The molecule has 19 heteroatoms. The molecule has 0 bridgehead atoms. The first-order valence-corrected chi connectivity index (χ1v) is 19.1. The number of nitrogens with zero attached hydrogens (tertiary/aromatic N) is 9. The van der Waals surface area contributed by atoms with Gasteiger partial charge in [0.05, 0.1) is 35.1 Å². The van der Waals surface area contributed by atoms with Crippen LogP contribution in [0.25, 0.3) is 28.2 Å². The van der Waals surface area contributed by atoms with Gasteiger partial charge in [0.25, 0.3) is 5.56 Å². The lowest BCUT2D eigenvalue weighted by Gasteiger charge is -2.33. The maximum absolute atomic E-state index is 14.5. The minimum atomic E-state index is -4.87. The number of alkyl halides is 5. The Kier molecular flexibility index (Phi) is 9.77. The Bertz CT molecular complexity index is 2710. The van der Waals surface area contributed by atoms with Crippen LogP contribution in [0.1, 0.15) is 67.2 Å². The summed E-state index contributed by atoms with van der Waals surface area (Å²) in [5, 5.41) is 10.3. The third-order valence-electron chi connectivity index (χ3n) is 11.4. The number of carbonyl (C=O) groups is 2. The minimum absolute atomic E-state index is 0.0615. The molecule has 1 N–H and O–H groups in total. The fraction of sp³-hybridized carbons (Fsp3) is 0.390. The second-order valence-electron chi connectivity index (χ2n) is 16.4. The molecular formula is C41H40F6N10O3. The zero-order valence-electron chi connectivity index (χ0n) is 33.1. The number of hydrogen-bond donors (Lipinski definition) is 1. The lowest BCUT2D eigenvalue weighted by molar-refractivity contribution is -0.141. The molecule has 5 aromatic heterocycles. The third-order valence-corrected chi connectivity index (χ3v) is 11.4. The lowest BCUT2D eigenvalue weighted by Crippen LogP contribution is -2.56. The van der Waals surface area contributed by atoms with E-state index in [0.29, 0.717) is 23.3 Å². The first kappa shape index (κ1) is 40.5. The van der Waals surface area contributed by atoms with Gasteiger partial charge in [-0.15, -0.1) is 0 Å². The van der Waals surface area contributed by atoms with Crippen molar-refractivity contribution in [1.82, 2.24) is 48.7 Å². The van der Waals surface area contributed by atoms with Crippen LogP contribution in [-0.4, -0.2) is 73.3 Å². The van der Waals surface area contributed by atoms with E-state index in [1.54, 1.807) is 6.20 Å². The van der Waals surface area contributed by atoms with Gasteiger partial charge in [0.2, 0.25) is 17.6 Å². The molecule has 6 heterocycles. The Morgan fingerprint density at radius 2 is 1.77 bits per heavy atom. The summed E-state index contributed by atoms with van der Waals surface area (Å²) in [5.74, 6) is -1.66. The Morgan fingerprint density at radius 1 is 1.00 bits per heavy atom. The molecule has 2 fully saturated rings. The zero-order valence-corrected chi connectivity index (χ0v) is 33.1. The molecule has 0 radical (unpaired) electrons. The summed E-state index contributed by atoms with van der Waals surface area (Å²) in [7, 11) is 1.25. The molecule has 3 atom stereocenters. The average Bonchev–Trinajstić information content (AvgIpc) is 3.59. The highest BCUT2D eigenvalue weighted by Crippen LogP contribution is 2.65. The van der Waals surface area contributed by atoms with Crippen LogP contribution in [-0.2, 0) is 35.8 Å². The molecule has 314 valence electrons. The van der Waals surface area contributed by atoms with E-state index in [4.69, 9.17) is 0 Å². The van der Waals surface area contributed by atoms with E-state index in [1.165, 1.54) is 38.2 Å². The van der Waals surface area contributed by atoms with Crippen LogP contribution in [0.2, 0.25) is 0 Å². The van der Waals surface area contributed by atoms with Crippen LogP contribution in [0.4, 0.5) is 26.3 Å². The number of benzene rings is 1. The van der Waals surface area contributed by atoms with Crippen molar-refractivity contribution in [2.75, 3.05) is 6.54 Å². The molecule has 1 spiro atoms. The first-order valence-electron chi connectivity index (χ1n) is 19.1. The highest BCUT2D eigenvalue weighted by molar-refractivity contribution is 5.95. The Morgan fingerprint density at radius 3 is 2.45 bits per heavy atom. The number of fused-ring (bicyclic) bond motifs is 1. The van der Waals surface area contributed by atoms with Gasteiger partial charge in [0, 0.05) is 62.1 Å². The zero-order chi connectivity index (χ0) is 43.1. The number of nitrogens with one attached hydrogen (secondary N) is 1. The summed E-state index contributed by atoms with van der Waals surface area (Å²) in [6.07, 6.45) is 5.00. The molecule has 1 saturated carbocycles. The average molecular weight is 835 g/mol. The van der Waals surface area contributed by atoms with Crippen LogP contribution in [0, 0.1) is 25.1 Å². The van der Waals surface area contributed by atoms with Crippen LogP contribution in [0.3, 0.4) is 0 Å². The minimum Gasteiger partial charge on any atom is -0.348 e. The van der Waals surface area contributed by atoms with E-state index >= 15 is 0 Å². The van der Waals surface area contributed by atoms with Crippen molar-refractivity contribution in [3.63, 3.8) is 0 Å². The van der Waals surface area contributed by atoms with Gasteiger partial charge in [-0.2, -0.15) is 32.1 Å². The largest absolute Gasteiger partial charge is 0.435 e. The van der Waals surface area contributed by atoms with Crippen molar-refractivity contribution in [3.05, 3.63) is 112 Å². The summed E-state index contributed by atoms with van der Waals surface area (Å²) < 4.78 is 87.5. The summed E-state index contributed by atoms with van der Waals surface area (Å²) in [5.41, 5.74) is 0.297. The summed E-state index contributed by atoms with van der Waals surface area (Å²) in [6, 6.07) is 6.37. The maximum atomic E-state index is 14.5. The molecule has 13 nitrogen and oxygen atoms in total. The second-order valence-corrected chi connectivity index (χ2v) is 16.4. The van der Waals surface area contributed by atoms with Gasteiger partial charge in [-0.3, -0.25) is 23.5 Å². The topological polar surface area (TPSA) is 137 Å². The van der Waals surface area contributed by atoms with Crippen molar-refractivity contribution in [2.45, 2.75) is 83.7 Å². The number of halogens is 6. The van der Waals surface area contributed by atoms with Gasteiger partial charge in [-0.25, -0.2) is 19.0 Å². The predicted octanol–water partition coefficient (Wildman–Crippen LogP) is 6.24.